The minimum absolute atomic E-state index is 0.0858. The van der Waals surface area contributed by atoms with Gasteiger partial charge in [0.15, 0.2) is 17.0 Å². The molecule has 2 unspecified atom stereocenters. The minimum atomic E-state index is -4.46. The van der Waals surface area contributed by atoms with Gasteiger partial charge in [0, 0.05) is 64.8 Å². The number of benzene rings is 1. The number of alkyl halides is 5. The summed E-state index contributed by atoms with van der Waals surface area (Å²) in [6, 6.07) is 4.41. The lowest BCUT2D eigenvalue weighted by Gasteiger charge is -2.49. The van der Waals surface area contributed by atoms with Crippen molar-refractivity contribution in [2.75, 3.05) is 43.2 Å². The Labute approximate surface area is 254 Å². The number of anilines is 2. The molecule has 14 heteroatoms. The third-order valence-corrected chi connectivity index (χ3v) is 8.35. The van der Waals surface area contributed by atoms with Gasteiger partial charge < -0.3 is 14.2 Å². The summed E-state index contributed by atoms with van der Waals surface area (Å²) in [4.78, 5) is 17.8. The van der Waals surface area contributed by atoms with Crippen LogP contribution in [0.3, 0.4) is 0 Å². The monoisotopic (exact) mass is 626 g/mol. The quantitative estimate of drug-likeness (QED) is 0.199. The van der Waals surface area contributed by atoms with Gasteiger partial charge in [0.1, 0.15) is 5.82 Å². The van der Waals surface area contributed by atoms with Crippen LogP contribution in [0.4, 0.5) is 33.7 Å². The van der Waals surface area contributed by atoms with Crippen molar-refractivity contribution in [2.45, 2.75) is 77.6 Å². The number of hydrogen-bond acceptors (Lipinski definition) is 8. The molecular formula is C30H43F5N8O. The summed E-state index contributed by atoms with van der Waals surface area (Å²) >= 11 is 0. The second-order valence-electron chi connectivity index (χ2n) is 11.4. The van der Waals surface area contributed by atoms with Gasteiger partial charge >= 0.3 is 6.18 Å². The van der Waals surface area contributed by atoms with Crippen LogP contribution in [0, 0.1) is 12.8 Å². The largest absolute Gasteiger partial charge is 0.416 e. The first-order valence-corrected chi connectivity index (χ1v) is 15.2. The molecule has 0 spiro atoms. The van der Waals surface area contributed by atoms with Crippen LogP contribution in [0.15, 0.2) is 24.3 Å². The fourth-order valence-electron chi connectivity index (χ4n) is 6.06. The van der Waals surface area contributed by atoms with E-state index in [9.17, 15) is 22.0 Å². The van der Waals surface area contributed by atoms with E-state index >= 15 is 0 Å². The fraction of sp³-hybridized carbons (Fsp3) is 0.633. The van der Waals surface area contributed by atoms with Crippen molar-refractivity contribution in [3.8, 4) is 0 Å². The topological polar surface area (TPSA) is 97.4 Å². The highest BCUT2D eigenvalue weighted by atomic mass is 19.4. The molecule has 0 amide bonds. The number of rotatable bonds is 5. The smallest absolute Gasteiger partial charge is 0.381 e. The third kappa shape index (κ3) is 7.40. The highest BCUT2D eigenvalue weighted by Crippen LogP contribution is 2.51. The number of aryl methyl sites for hydroxylation is 2. The molecule has 6 rings (SSSR count). The molecule has 3 aromatic rings. The van der Waals surface area contributed by atoms with Crippen LogP contribution in [0.5, 0.6) is 0 Å². The van der Waals surface area contributed by atoms with Gasteiger partial charge in [0.25, 0.3) is 0 Å². The molecule has 2 saturated heterocycles. The summed E-state index contributed by atoms with van der Waals surface area (Å²) in [5, 5.41) is 0. The Balaban J connectivity index is 0.000000565. The summed E-state index contributed by atoms with van der Waals surface area (Å²) in [6.45, 7) is 11.4. The van der Waals surface area contributed by atoms with Gasteiger partial charge in [0.05, 0.1) is 5.56 Å². The lowest BCUT2D eigenvalue weighted by Crippen LogP contribution is -2.56. The summed E-state index contributed by atoms with van der Waals surface area (Å²) in [5.41, 5.74) is 3.63. The molecule has 0 bridgehead atoms. The maximum atomic E-state index is 13.9. The third-order valence-electron chi connectivity index (χ3n) is 8.35. The van der Waals surface area contributed by atoms with Gasteiger partial charge in [-0.2, -0.15) is 23.1 Å². The van der Waals surface area contributed by atoms with E-state index < -0.39 is 23.7 Å². The molecule has 2 aromatic heterocycles. The van der Waals surface area contributed by atoms with Crippen molar-refractivity contribution in [3.63, 3.8) is 0 Å². The molecule has 9 nitrogen and oxygen atoms in total. The molecule has 3 fully saturated rings. The lowest BCUT2D eigenvalue weighted by atomic mass is 9.73. The van der Waals surface area contributed by atoms with Crippen LogP contribution < -0.4 is 16.2 Å². The first-order chi connectivity index (χ1) is 20.9. The zero-order valence-electron chi connectivity index (χ0n) is 26.0. The number of piperazine rings is 1. The normalized spacial score (nSPS) is 21.2. The maximum absolute atomic E-state index is 13.9. The summed E-state index contributed by atoms with van der Waals surface area (Å²) < 4.78 is 73.8. The Kier molecular flexibility index (Phi) is 10.7. The maximum Gasteiger partial charge on any atom is 0.416 e. The highest BCUT2D eigenvalue weighted by Gasteiger charge is 2.50. The molecule has 1 aliphatic carbocycles. The molecule has 2 aliphatic heterocycles. The lowest BCUT2D eigenvalue weighted by molar-refractivity contribution is -0.137. The predicted molar refractivity (Wildman–Crippen MR) is 160 cm³/mol. The molecule has 3 aliphatic rings. The van der Waals surface area contributed by atoms with E-state index in [0.29, 0.717) is 42.2 Å². The fourth-order valence-corrected chi connectivity index (χ4v) is 6.06. The van der Waals surface area contributed by atoms with Crippen LogP contribution in [-0.2, 0) is 18.0 Å². The van der Waals surface area contributed by atoms with Crippen molar-refractivity contribution in [1.82, 2.24) is 24.4 Å². The van der Waals surface area contributed by atoms with Crippen molar-refractivity contribution in [1.29, 1.82) is 0 Å². The number of ether oxygens (including phenoxy) is 1. The number of imidazole rings is 1. The van der Waals surface area contributed by atoms with Crippen molar-refractivity contribution < 1.29 is 26.7 Å². The van der Waals surface area contributed by atoms with E-state index in [0.717, 1.165) is 31.2 Å². The summed E-state index contributed by atoms with van der Waals surface area (Å²) in [5.74, 6) is 4.16. The Hall–Kier alpha value is -3.10. The van der Waals surface area contributed by atoms with Crippen molar-refractivity contribution in [3.05, 3.63) is 41.2 Å². The van der Waals surface area contributed by atoms with Crippen LogP contribution in [0.25, 0.3) is 11.2 Å². The second-order valence-corrected chi connectivity index (χ2v) is 11.4. The summed E-state index contributed by atoms with van der Waals surface area (Å²) in [7, 11) is 1.85. The molecule has 1 aromatic carbocycles. The number of fused-ring (bicyclic) bond motifs is 1. The Bertz CT molecular complexity index is 1360. The molecule has 3 N–H and O–H groups in total. The number of aromatic nitrogens is 4. The van der Waals surface area contributed by atoms with E-state index in [1.807, 2.05) is 39.3 Å². The number of hydrazine groups is 1. The molecule has 244 valence electrons. The molecular weight excluding hydrogens is 583 g/mol. The van der Waals surface area contributed by atoms with E-state index in [-0.39, 0.29) is 30.7 Å². The van der Waals surface area contributed by atoms with E-state index in [2.05, 4.69) is 30.2 Å². The SMILES string of the molecule is C1CCOC1.CC.Cc1nc2c(N3CCN(C(c4ccc(C(F)(F)F)cc4)C4CC(F)(F)C4)CC3C)nc(NN)nc2n1C. The first-order valence-electron chi connectivity index (χ1n) is 15.2. The zero-order valence-corrected chi connectivity index (χ0v) is 26.0. The highest BCUT2D eigenvalue weighted by molar-refractivity contribution is 5.85. The molecule has 0 radical (unpaired) electrons. The average molecular weight is 627 g/mol. The molecule has 4 heterocycles. The van der Waals surface area contributed by atoms with Crippen LogP contribution in [-0.4, -0.2) is 69.2 Å². The zero-order chi connectivity index (χ0) is 32.2. The minimum Gasteiger partial charge on any atom is -0.381 e. The first kappa shape index (κ1) is 33.8. The molecule has 2 atom stereocenters. The van der Waals surface area contributed by atoms with Gasteiger partial charge in [-0.1, -0.05) is 26.0 Å². The Morgan fingerprint density at radius 2 is 1.66 bits per heavy atom. The number of nitrogens with zero attached hydrogens (tertiary/aromatic N) is 6. The van der Waals surface area contributed by atoms with E-state index in [1.165, 1.54) is 25.0 Å². The summed E-state index contributed by atoms with van der Waals surface area (Å²) in [6.07, 6.45) is -2.46. The predicted octanol–water partition coefficient (Wildman–Crippen LogP) is 6.10. The standard InChI is InChI=1S/C24H29F5N8.C4H8O.C2H6/c1-13-12-36(8-9-37(13)21-18-20(32-22(33-21)34-30)35(3)14(2)31-18)19(16-10-23(25,26)11-16)15-4-6-17(7-5-15)24(27,28)29;1-2-4-5-3-1;1-2/h4-7,13,16,19H,8-12,30H2,1-3H3,(H,32,33,34);1-4H2;1-2H3. The van der Waals surface area contributed by atoms with Gasteiger partial charge in [-0.3, -0.25) is 10.3 Å². The van der Waals surface area contributed by atoms with E-state index in [4.69, 9.17) is 10.6 Å². The molecule has 44 heavy (non-hydrogen) atoms. The van der Waals surface area contributed by atoms with Gasteiger partial charge in [-0.15, -0.1) is 0 Å². The van der Waals surface area contributed by atoms with Crippen LogP contribution >= 0.6 is 0 Å². The Morgan fingerprint density at radius 3 is 2.16 bits per heavy atom. The number of halogens is 5. The van der Waals surface area contributed by atoms with E-state index in [1.54, 1.807) is 0 Å². The second kappa shape index (κ2) is 13.9. The molecule has 1 saturated carbocycles. The van der Waals surface area contributed by atoms with Gasteiger partial charge in [-0.05, 0) is 50.3 Å². The van der Waals surface area contributed by atoms with Gasteiger partial charge in [-0.25, -0.2) is 19.6 Å². The number of hydrogen-bond donors (Lipinski definition) is 2. The Morgan fingerprint density at radius 1 is 1.02 bits per heavy atom. The van der Waals surface area contributed by atoms with Gasteiger partial charge in [0.2, 0.25) is 11.9 Å². The van der Waals surface area contributed by atoms with Crippen LogP contribution in [0.1, 0.15) is 69.4 Å². The van der Waals surface area contributed by atoms with Crippen LogP contribution in [0.2, 0.25) is 0 Å². The van der Waals surface area contributed by atoms with Crippen molar-refractivity contribution in [2.24, 2.45) is 18.8 Å². The number of nitrogen functional groups attached to an aromatic ring is 1. The number of nitrogens with one attached hydrogen (secondary N) is 1. The number of nitrogens with two attached hydrogens (primary N) is 1. The average Bonchev–Trinajstić information content (AvgIpc) is 3.66. The van der Waals surface area contributed by atoms with Crippen molar-refractivity contribution >= 4 is 22.9 Å².